The maximum atomic E-state index is 13.8. The second-order valence-electron chi connectivity index (χ2n) is 7.38. The fourth-order valence-electron chi connectivity index (χ4n) is 2.47. The number of fused-ring (bicyclic) bond motifs is 1. The number of imidazole rings is 1. The predicted octanol–water partition coefficient (Wildman–Crippen LogP) is 3.42. The van der Waals surface area contributed by atoms with Crippen molar-refractivity contribution in [2.75, 3.05) is 12.3 Å². The maximum Gasteiger partial charge on any atom is 0.331 e. The lowest BCUT2D eigenvalue weighted by Gasteiger charge is -2.15. The van der Waals surface area contributed by atoms with Gasteiger partial charge in [0, 0.05) is 26.8 Å². The molecule has 128 valence electrons. The van der Waals surface area contributed by atoms with E-state index in [1.54, 1.807) is 4.57 Å². The number of halogens is 1. The minimum atomic E-state index is -1.18. The molecule has 0 unspecified atom stereocenters. The van der Waals surface area contributed by atoms with Crippen LogP contribution in [-0.4, -0.2) is 23.8 Å². The lowest BCUT2D eigenvalue weighted by Crippen LogP contribution is -2.27. The lowest BCUT2D eigenvalue weighted by atomic mass is 10.2. The quantitative estimate of drug-likeness (QED) is 0.498. The van der Waals surface area contributed by atoms with Crippen LogP contribution in [0.2, 0.25) is 25.7 Å². The molecule has 0 saturated heterocycles. The standard InChI is InChI=1S/C16H26FN3O2Si/c1-11(2)20-15-8-12(17)13(18)9-14(15)19(16(20)21)10-22-6-7-23(3,4)5/h8-9,11H,6-7,10,18H2,1-5H3. The second-order valence-corrected chi connectivity index (χ2v) is 13.0. The van der Waals surface area contributed by atoms with E-state index in [9.17, 15) is 9.18 Å². The average molecular weight is 339 g/mol. The first kappa shape index (κ1) is 17.7. The van der Waals surface area contributed by atoms with E-state index >= 15 is 0 Å². The van der Waals surface area contributed by atoms with E-state index in [1.807, 2.05) is 13.8 Å². The molecule has 2 rings (SSSR count). The molecule has 0 aliphatic rings. The normalized spacial score (nSPS) is 12.5. The van der Waals surface area contributed by atoms with E-state index in [0.29, 0.717) is 17.6 Å². The first-order valence-corrected chi connectivity index (χ1v) is 11.6. The first-order valence-electron chi connectivity index (χ1n) is 7.89. The summed E-state index contributed by atoms with van der Waals surface area (Å²) in [7, 11) is -1.18. The van der Waals surface area contributed by atoms with Crippen molar-refractivity contribution in [2.24, 2.45) is 0 Å². The maximum absolute atomic E-state index is 13.8. The van der Waals surface area contributed by atoms with Crippen molar-refractivity contribution in [2.45, 2.75) is 52.3 Å². The van der Waals surface area contributed by atoms with Gasteiger partial charge in [0.05, 0.1) is 16.7 Å². The number of aromatic nitrogens is 2. The molecule has 2 aromatic rings. The third kappa shape index (κ3) is 3.84. The van der Waals surface area contributed by atoms with Gasteiger partial charge in [0.15, 0.2) is 0 Å². The molecule has 23 heavy (non-hydrogen) atoms. The Kier molecular flexibility index (Phi) is 5.00. The molecule has 0 aliphatic heterocycles. The summed E-state index contributed by atoms with van der Waals surface area (Å²) >= 11 is 0. The van der Waals surface area contributed by atoms with Crippen LogP contribution < -0.4 is 11.4 Å². The van der Waals surface area contributed by atoms with Crippen LogP contribution in [0.5, 0.6) is 0 Å². The van der Waals surface area contributed by atoms with Gasteiger partial charge >= 0.3 is 5.69 Å². The number of nitrogen functional groups attached to an aromatic ring is 1. The Morgan fingerprint density at radius 2 is 1.91 bits per heavy atom. The highest BCUT2D eigenvalue weighted by atomic mass is 28.3. The van der Waals surface area contributed by atoms with E-state index in [1.165, 1.54) is 16.7 Å². The van der Waals surface area contributed by atoms with E-state index in [2.05, 4.69) is 19.6 Å². The molecule has 0 saturated carbocycles. The molecule has 0 fully saturated rings. The molecule has 2 N–H and O–H groups in total. The van der Waals surface area contributed by atoms with Gasteiger partial charge in [-0.25, -0.2) is 9.18 Å². The summed E-state index contributed by atoms with van der Waals surface area (Å²) in [5.41, 5.74) is 6.66. The van der Waals surface area contributed by atoms with Gasteiger partial charge in [-0.15, -0.1) is 0 Å². The van der Waals surface area contributed by atoms with Crippen LogP contribution in [-0.2, 0) is 11.5 Å². The van der Waals surface area contributed by atoms with Crippen molar-refractivity contribution in [3.05, 3.63) is 28.4 Å². The third-order valence-corrected chi connectivity index (χ3v) is 5.52. The number of hydrogen-bond acceptors (Lipinski definition) is 3. The van der Waals surface area contributed by atoms with Crippen molar-refractivity contribution >= 4 is 24.8 Å². The van der Waals surface area contributed by atoms with Gasteiger partial charge in [0.25, 0.3) is 0 Å². The number of anilines is 1. The predicted molar refractivity (Wildman–Crippen MR) is 95.1 cm³/mol. The van der Waals surface area contributed by atoms with Crippen molar-refractivity contribution in [3.8, 4) is 0 Å². The van der Waals surface area contributed by atoms with Gasteiger partial charge in [-0.05, 0) is 26.0 Å². The highest BCUT2D eigenvalue weighted by Crippen LogP contribution is 2.22. The molecular formula is C16H26FN3O2Si. The molecule has 0 atom stereocenters. The van der Waals surface area contributed by atoms with Crippen LogP contribution in [0, 0.1) is 5.82 Å². The Hall–Kier alpha value is -1.60. The Morgan fingerprint density at radius 3 is 2.48 bits per heavy atom. The monoisotopic (exact) mass is 339 g/mol. The molecular weight excluding hydrogens is 313 g/mol. The fraction of sp³-hybridized carbons (Fsp3) is 0.562. The van der Waals surface area contributed by atoms with E-state index in [0.717, 1.165) is 6.04 Å². The van der Waals surface area contributed by atoms with Gasteiger partial charge < -0.3 is 10.5 Å². The van der Waals surface area contributed by atoms with E-state index in [-0.39, 0.29) is 24.1 Å². The lowest BCUT2D eigenvalue weighted by molar-refractivity contribution is 0.0870. The van der Waals surface area contributed by atoms with Gasteiger partial charge in [-0.1, -0.05) is 19.6 Å². The Bertz CT molecular complexity index is 759. The van der Waals surface area contributed by atoms with Gasteiger partial charge in [-0.3, -0.25) is 9.13 Å². The SMILES string of the molecule is CC(C)n1c(=O)n(COCC[Si](C)(C)C)c2cc(N)c(F)cc21. The van der Waals surface area contributed by atoms with Crippen LogP contribution >= 0.6 is 0 Å². The summed E-state index contributed by atoms with van der Waals surface area (Å²) in [6.07, 6.45) is 0. The molecule has 5 nitrogen and oxygen atoms in total. The van der Waals surface area contributed by atoms with Crippen molar-refractivity contribution < 1.29 is 9.13 Å². The van der Waals surface area contributed by atoms with Crippen molar-refractivity contribution in [3.63, 3.8) is 0 Å². The van der Waals surface area contributed by atoms with Crippen LogP contribution in [0.4, 0.5) is 10.1 Å². The first-order chi connectivity index (χ1) is 10.6. The minimum absolute atomic E-state index is 0.0363. The molecule has 0 bridgehead atoms. The molecule has 1 heterocycles. The fourth-order valence-corrected chi connectivity index (χ4v) is 3.23. The Balaban J connectivity index is 2.37. The average Bonchev–Trinajstić information content (AvgIpc) is 2.66. The summed E-state index contributed by atoms with van der Waals surface area (Å²) in [5.74, 6) is -0.510. The van der Waals surface area contributed by atoms with Crippen LogP contribution in [0.15, 0.2) is 16.9 Å². The third-order valence-electron chi connectivity index (χ3n) is 3.81. The number of ether oxygens (including phenoxy) is 1. The molecule has 1 aromatic heterocycles. The number of hydrogen-bond donors (Lipinski definition) is 1. The van der Waals surface area contributed by atoms with Gasteiger partial charge in [0.1, 0.15) is 12.5 Å². The minimum Gasteiger partial charge on any atom is -0.396 e. The molecule has 7 heteroatoms. The number of benzene rings is 1. The summed E-state index contributed by atoms with van der Waals surface area (Å²) in [6.45, 7) is 11.4. The summed E-state index contributed by atoms with van der Waals surface area (Å²) < 4.78 is 22.6. The largest absolute Gasteiger partial charge is 0.396 e. The summed E-state index contributed by atoms with van der Waals surface area (Å²) in [4.78, 5) is 12.6. The smallest absolute Gasteiger partial charge is 0.331 e. The molecule has 0 spiro atoms. The molecule has 1 aromatic carbocycles. The highest BCUT2D eigenvalue weighted by molar-refractivity contribution is 6.76. The van der Waals surface area contributed by atoms with Gasteiger partial charge in [0.2, 0.25) is 0 Å². The zero-order chi connectivity index (χ0) is 17.4. The van der Waals surface area contributed by atoms with E-state index < -0.39 is 13.9 Å². The molecule has 0 amide bonds. The zero-order valence-electron chi connectivity index (χ0n) is 14.5. The number of nitrogens with two attached hydrogens (primary N) is 1. The molecule has 0 aliphatic carbocycles. The zero-order valence-corrected chi connectivity index (χ0v) is 15.5. The Labute approximate surface area is 136 Å². The van der Waals surface area contributed by atoms with Crippen molar-refractivity contribution in [1.29, 1.82) is 0 Å². The summed E-state index contributed by atoms with van der Waals surface area (Å²) in [5, 5.41) is 0. The van der Waals surface area contributed by atoms with Gasteiger partial charge in [-0.2, -0.15) is 0 Å². The number of nitrogens with zero attached hydrogens (tertiary/aromatic N) is 2. The summed E-state index contributed by atoms with van der Waals surface area (Å²) in [6, 6.07) is 3.79. The topological polar surface area (TPSA) is 62.2 Å². The van der Waals surface area contributed by atoms with E-state index in [4.69, 9.17) is 10.5 Å². The van der Waals surface area contributed by atoms with Crippen LogP contribution in [0.1, 0.15) is 19.9 Å². The number of rotatable bonds is 6. The molecule has 0 radical (unpaired) electrons. The Morgan fingerprint density at radius 1 is 1.26 bits per heavy atom. The van der Waals surface area contributed by atoms with Crippen molar-refractivity contribution in [1.82, 2.24) is 9.13 Å². The highest BCUT2D eigenvalue weighted by Gasteiger charge is 2.18. The van der Waals surface area contributed by atoms with Crippen LogP contribution in [0.25, 0.3) is 11.0 Å². The second kappa shape index (κ2) is 6.49. The van der Waals surface area contributed by atoms with Crippen LogP contribution in [0.3, 0.4) is 0 Å².